The summed E-state index contributed by atoms with van der Waals surface area (Å²) in [6.45, 7) is 5.66. The maximum absolute atomic E-state index is 12.7. The van der Waals surface area contributed by atoms with E-state index in [2.05, 4.69) is 43.1 Å². The molecule has 5 heteroatoms. The van der Waals surface area contributed by atoms with Crippen LogP contribution in [0.4, 0.5) is 13.2 Å². The topological polar surface area (TPSA) is 6.48 Å². The van der Waals surface area contributed by atoms with Gasteiger partial charge in [0.1, 0.15) is 0 Å². The van der Waals surface area contributed by atoms with Gasteiger partial charge >= 0.3 is 6.18 Å². The van der Waals surface area contributed by atoms with Crippen molar-refractivity contribution in [1.29, 1.82) is 0 Å². The highest BCUT2D eigenvalue weighted by molar-refractivity contribution is 5.26. The predicted octanol–water partition coefficient (Wildman–Crippen LogP) is 5.38. The van der Waals surface area contributed by atoms with Crippen molar-refractivity contribution in [1.82, 2.24) is 10.0 Å². The molecule has 0 heterocycles. The van der Waals surface area contributed by atoms with Crippen LogP contribution < -0.4 is 0 Å². The zero-order chi connectivity index (χ0) is 19.3. The predicted molar refractivity (Wildman–Crippen MR) is 99.4 cm³/mol. The molecule has 0 atom stereocenters. The molecule has 0 radical (unpaired) electrons. The van der Waals surface area contributed by atoms with Crippen LogP contribution >= 0.6 is 0 Å². The third-order valence-corrected chi connectivity index (χ3v) is 4.21. The number of halogens is 3. The standard InChI is InChI=1S/C21H27F3N2/c1-16(2)12-18-6-5-7-19(13-18)15-26(25(3)4)14-17-8-10-20(11-9-17)21(22,23)24/h5-11,13,16H,12,14-15H2,1-4H3. The van der Waals surface area contributed by atoms with Gasteiger partial charge in [0.25, 0.3) is 0 Å². The second-order valence-electron chi connectivity index (χ2n) is 7.28. The molecular weight excluding hydrogens is 337 g/mol. The van der Waals surface area contributed by atoms with Gasteiger partial charge in [-0.05, 0) is 41.2 Å². The van der Waals surface area contributed by atoms with Crippen molar-refractivity contribution in [2.45, 2.75) is 39.5 Å². The smallest absolute Gasteiger partial charge is 0.247 e. The first-order chi connectivity index (χ1) is 12.1. The largest absolute Gasteiger partial charge is 0.416 e. The van der Waals surface area contributed by atoms with Gasteiger partial charge in [-0.25, -0.2) is 10.0 Å². The Morgan fingerprint density at radius 3 is 1.96 bits per heavy atom. The van der Waals surface area contributed by atoms with Gasteiger partial charge in [-0.15, -0.1) is 0 Å². The van der Waals surface area contributed by atoms with Crippen LogP contribution in [0.25, 0.3) is 0 Å². The molecule has 0 saturated carbocycles. The summed E-state index contributed by atoms with van der Waals surface area (Å²) in [6, 6.07) is 13.9. The fourth-order valence-corrected chi connectivity index (χ4v) is 2.89. The highest BCUT2D eigenvalue weighted by Crippen LogP contribution is 2.29. The van der Waals surface area contributed by atoms with Crippen LogP contribution in [-0.2, 0) is 25.7 Å². The molecule has 0 aliphatic rings. The summed E-state index contributed by atoms with van der Waals surface area (Å²) < 4.78 is 38.1. The van der Waals surface area contributed by atoms with E-state index in [1.165, 1.54) is 11.1 Å². The molecule has 2 aromatic rings. The summed E-state index contributed by atoms with van der Waals surface area (Å²) in [5.41, 5.74) is 2.75. The monoisotopic (exact) mass is 364 g/mol. The fraction of sp³-hybridized carbons (Fsp3) is 0.429. The van der Waals surface area contributed by atoms with E-state index in [1.807, 2.05) is 19.1 Å². The Kier molecular flexibility index (Phi) is 6.84. The molecule has 2 aromatic carbocycles. The van der Waals surface area contributed by atoms with Gasteiger partial charge in [0, 0.05) is 27.2 Å². The molecule has 26 heavy (non-hydrogen) atoms. The van der Waals surface area contributed by atoms with Crippen LogP contribution in [0.15, 0.2) is 48.5 Å². The third kappa shape index (κ3) is 6.15. The van der Waals surface area contributed by atoms with E-state index in [0.29, 0.717) is 19.0 Å². The van der Waals surface area contributed by atoms with Crippen molar-refractivity contribution in [3.63, 3.8) is 0 Å². The Labute approximate surface area is 154 Å². The Morgan fingerprint density at radius 2 is 1.42 bits per heavy atom. The molecular formula is C21H27F3N2. The van der Waals surface area contributed by atoms with Crippen LogP contribution in [0, 0.1) is 5.92 Å². The third-order valence-electron chi connectivity index (χ3n) is 4.21. The maximum atomic E-state index is 12.7. The van der Waals surface area contributed by atoms with Crippen LogP contribution in [0.3, 0.4) is 0 Å². The van der Waals surface area contributed by atoms with Gasteiger partial charge in [0.15, 0.2) is 0 Å². The molecule has 2 nitrogen and oxygen atoms in total. The second kappa shape index (κ2) is 8.69. The van der Waals surface area contributed by atoms with E-state index in [4.69, 9.17) is 0 Å². The molecule has 0 aliphatic heterocycles. The van der Waals surface area contributed by atoms with Gasteiger partial charge in [0.2, 0.25) is 0 Å². The molecule has 0 amide bonds. The zero-order valence-corrected chi connectivity index (χ0v) is 15.8. The molecule has 0 spiro atoms. The lowest BCUT2D eigenvalue weighted by molar-refractivity contribution is -0.137. The lowest BCUT2D eigenvalue weighted by Crippen LogP contribution is -2.35. The first kappa shape index (κ1) is 20.5. The molecule has 0 aromatic heterocycles. The Bertz CT molecular complexity index is 691. The lowest BCUT2D eigenvalue weighted by Gasteiger charge is -2.29. The SMILES string of the molecule is CC(C)Cc1cccc(CN(Cc2ccc(C(F)(F)F)cc2)N(C)C)c1. The highest BCUT2D eigenvalue weighted by atomic mass is 19.4. The highest BCUT2D eigenvalue weighted by Gasteiger charge is 2.30. The van der Waals surface area contributed by atoms with Gasteiger partial charge in [-0.2, -0.15) is 13.2 Å². The molecule has 0 N–H and O–H groups in total. The Hall–Kier alpha value is -1.85. The molecule has 0 aliphatic carbocycles. The Balaban J connectivity index is 2.10. The van der Waals surface area contributed by atoms with Gasteiger partial charge in [0.05, 0.1) is 5.56 Å². The number of benzene rings is 2. The quantitative estimate of drug-likeness (QED) is 0.609. The molecule has 0 fully saturated rings. The first-order valence-corrected chi connectivity index (χ1v) is 8.81. The number of nitrogens with zero attached hydrogens (tertiary/aromatic N) is 2. The van der Waals surface area contributed by atoms with Crippen LogP contribution in [0.5, 0.6) is 0 Å². The normalized spacial score (nSPS) is 12.4. The zero-order valence-electron chi connectivity index (χ0n) is 15.8. The minimum Gasteiger partial charge on any atom is -0.247 e. The molecule has 0 bridgehead atoms. The number of rotatable bonds is 7. The van der Waals surface area contributed by atoms with E-state index in [0.717, 1.165) is 24.1 Å². The van der Waals surface area contributed by atoms with E-state index >= 15 is 0 Å². The van der Waals surface area contributed by atoms with Crippen molar-refractivity contribution in [3.8, 4) is 0 Å². The fourth-order valence-electron chi connectivity index (χ4n) is 2.89. The number of hydrazine groups is 1. The minimum absolute atomic E-state index is 0.555. The summed E-state index contributed by atoms with van der Waals surface area (Å²) in [4.78, 5) is 0. The summed E-state index contributed by atoms with van der Waals surface area (Å²) >= 11 is 0. The molecule has 0 saturated heterocycles. The number of alkyl halides is 3. The summed E-state index contributed by atoms with van der Waals surface area (Å²) in [6.07, 6.45) is -3.26. The van der Waals surface area contributed by atoms with E-state index in [-0.39, 0.29) is 0 Å². The average molecular weight is 364 g/mol. The van der Waals surface area contributed by atoms with E-state index in [1.54, 1.807) is 12.1 Å². The average Bonchev–Trinajstić information content (AvgIpc) is 2.53. The van der Waals surface area contributed by atoms with Crippen LogP contribution in [0.1, 0.15) is 36.1 Å². The number of hydrogen-bond acceptors (Lipinski definition) is 2. The van der Waals surface area contributed by atoms with Crippen molar-refractivity contribution in [2.75, 3.05) is 14.1 Å². The maximum Gasteiger partial charge on any atom is 0.416 e. The van der Waals surface area contributed by atoms with Gasteiger partial charge in [-0.1, -0.05) is 50.2 Å². The minimum atomic E-state index is -4.30. The first-order valence-electron chi connectivity index (χ1n) is 8.81. The van der Waals surface area contributed by atoms with Crippen molar-refractivity contribution in [2.24, 2.45) is 5.92 Å². The van der Waals surface area contributed by atoms with Crippen LogP contribution in [0.2, 0.25) is 0 Å². The molecule has 0 unspecified atom stereocenters. The van der Waals surface area contributed by atoms with E-state index < -0.39 is 11.7 Å². The van der Waals surface area contributed by atoms with Gasteiger partial charge < -0.3 is 0 Å². The van der Waals surface area contributed by atoms with Crippen molar-refractivity contribution in [3.05, 3.63) is 70.8 Å². The summed E-state index contributed by atoms with van der Waals surface area (Å²) in [7, 11) is 3.89. The van der Waals surface area contributed by atoms with Crippen molar-refractivity contribution < 1.29 is 13.2 Å². The molecule has 2 rings (SSSR count). The second-order valence-corrected chi connectivity index (χ2v) is 7.28. The van der Waals surface area contributed by atoms with Gasteiger partial charge in [-0.3, -0.25) is 0 Å². The summed E-state index contributed by atoms with van der Waals surface area (Å²) in [5, 5.41) is 4.09. The lowest BCUT2D eigenvalue weighted by atomic mass is 10.0. The Morgan fingerprint density at radius 1 is 0.846 bits per heavy atom. The van der Waals surface area contributed by atoms with Crippen LogP contribution in [-0.4, -0.2) is 24.1 Å². The van der Waals surface area contributed by atoms with Crippen molar-refractivity contribution >= 4 is 0 Å². The molecule has 142 valence electrons. The van der Waals surface area contributed by atoms with E-state index in [9.17, 15) is 13.2 Å². The summed E-state index contributed by atoms with van der Waals surface area (Å²) in [5.74, 6) is 0.599. The number of hydrogen-bond donors (Lipinski definition) is 0.